The Bertz CT molecular complexity index is 378. The lowest BCUT2D eigenvalue weighted by Crippen LogP contribution is -2.39. The summed E-state index contributed by atoms with van der Waals surface area (Å²) in [6.45, 7) is 3.84. The molecule has 0 saturated carbocycles. The predicted octanol–water partition coefficient (Wildman–Crippen LogP) is 0.838. The average molecular weight is 283 g/mol. The Morgan fingerprint density at radius 3 is 2.44 bits per heavy atom. The summed E-state index contributed by atoms with van der Waals surface area (Å²) in [5.74, 6) is -0.822. The lowest BCUT2D eigenvalue weighted by molar-refractivity contribution is -0.179. The summed E-state index contributed by atoms with van der Waals surface area (Å²) in [5, 5.41) is 0. The van der Waals surface area contributed by atoms with E-state index in [9.17, 15) is 17.1 Å². The summed E-state index contributed by atoms with van der Waals surface area (Å²) in [6.07, 6.45) is -0.0905. The molecule has 0 aromatic carbocycles. The van der Waals surface area contributed by atoms with Crippen molar-refractivity contribution in [3.8, 4) is 0 Å². The van der Waals surface area contributed by atoms with Crippen molar-refractivity contribution in [2.75, 3.05) is 19.7 Å². The molecule has 18 heavy (non-hydrogen) atoms. The Balaban J connectivity index is 2.41. The highest BCUT2D eigenvalue weighted by molar-refractivity contribution is 7.83. The van der Waals surface area contributed by atoms with E-state index >= 15 is 0 Å². The van der Waals surface area contributed by atoms with E-state index in [1.807, 2.05) is 0 Å². The molecule has 0 bridgehead atoms. The summed E-state index contributed by atoms with van der Waals surface area (Å²) in [4.78, 5) is 11.7. The van der Waals surface area contributed by atoms with Gasteiger partial charge in [0.2, 0.25) is 0 Å². The van der Waals surface area contributed by atoms with Crippen molar-refractivity contribution in [2.45, 2.75) is 33.0 Å². The minimum atomic E-state index is -4.65. The molecule has 0 spiro atoms. The molecule has 1 fully saturated rings. The van der Waals surface area contributed by atoms with Gasteiger partial charge in [-0.25, -0.2) is 0 Å². The molecule has 1 heterocycles. The van der Waals surface area contributed by atoms with Gasteiger partial charge in [0, 0.05) is 19.7 Å². The van der Waals surface area contributed by atoms with Gasteiger partial charge < -0.3 is 9.47 Å². The quantitative estimate of drug-likeness (QED) is 0.424. The second kappa shape index (κ2) is 6.44. The highest BCUT2D eigenvalue weighted by Gasteiger charge is 2.32. The summed E-state index contributed by atoms with van der Waals surface area (Å²) in [6, 6.07) is 0. The Morgan fingerprint density at radius 2 is 2.00 bits per heavy atom. The fourth-order valence-corrected chi connectivity index (χ4v) is 2.49. The highest BCUT2D eigenvalue weighted by atomic mass is 32.3. The number of carbonyl (C=O) groups excluding carboxylic acids is 1. The number of halogens is 1. The number of ether oxygens (including phenoxy) is 2. The van der Waals surface area contributed by atoms with Gasteiger partial charge in [0.15, 0.2) is 6.29 Å². The molecule has 0 aliphatic carbocycles. The van der Waals surface area contributed by atoms with Crippen molar-refractivity contribution in [2.24, 2.45) is 5.92 Å². The van der Waals surface area contributed by atoms with E-state index in [1.54, 1.807) is 13.8 Å². The fraction of sp³-hybridized carbons (Fsp3) is 0.900. The van der Waals surface area contributed by atoms with Crippen molar-refractivity contribution in [1.82, 2.24) is 4.31 Å². The molecule has 0 amide bonds. The van der Waals surface area contributed by atoms with Crippen LogP contribution in [-0.4, -0.2) is 44.7 Å². The maximum Gasteiger partial charge on any atom is 0.374 e. The van der Waals surface area contributed by atoms with Crippen LogP contribution in [0.3, 0.4) is 0 Å². The van der Waals surface area contributed by atoms with Crippen molar-refractivity contribution in [1.29, 1.82) is 0 Å². The third kappa shape index (κ3) is 4.51. The largest absolute Gasteiger partial charge is 0.436 e. The van der Waals surface area contributed by atoms with Gasteiger partial charge in [0.25, 0.3) is 0 Å². The van der Waals surface area contributed by atoms with Crippen LogP contribution in [0.2, 0.25) is 0 Å². The maximum atomic E-state index is 12.7. The van der Waals surface area contributed by atoms with Gasteiger partial charge in [-0.3, -0.25) is 4.79 Å². The number of piperidine rings is 1. The van der Waals surface area contributed by atoms with Crippen molar-refractivity contribution < 1.29 is 26.6 Å². The molecule has 0 radical (unpaired) electrons. The molecule has 1 unspecified atom stereocenters. The van der Waals surface area contributed by atoms with Gasteiger partial charge in [0.05, 0.1) is 5.92 Å². The molecule has 1 aliphatic heterocycles. The van der Waals surface area contributed by atoms with E-state index in [4.69, 9.17) is 9.47 Å². The molecular weight excluding hydrogens is 265 g/mol. The Labute approximate surface area is 106 Å². The Morgan fingerprint density at radius 1 is 1.44 bits per heavy atom. The van der Waals surface area contributed by atoms with Crippen molar-refractivity contribution >= 4 is 16.4 Å². The summed E-state index contributed by atoms with van der Waals surface area (Å²) >= 11 is 0. The molecule has 1 atom stereocenters. The number of nitrogens with zero attached hydrogens (tertiary/aromatic N) is 1. The maximum absolute atomic E-state index is 12.7. The molecular formula is C10H18FNO5S. The molecule has 0 N–H and O–H groups in total. The number of hydrogen-bond acceptors (Lipinski definition) is 5. The number of hydrogen-bond donors (Lipinski definition) is 0. The smallest absolute Gasteiger partial charge is 0.374 e. The first-order valence-corrected chi connectivity index (χ1v) is 7.20. The van der Waals surface area contributed by atoms with Gasteiger partial charge in [-0.2, -0.15) is 12.7 Å². The summed E-state index contributed by atoms with van der Waals surface area (Å²) in [7, 11) is -4.65. The zero-order valence-electron chi connectivity index (χ0n) is 10.5. The minimum absolute atomic E-state index is 0.00160. The third-order valence-electron chi connectivity index (χ3n) is 2.78. The summed E-state index contributed by atoms with van der Waals surface area (Å²) < 4.78 is 44.8. The van der Waals surface area contributed by atoms with Gasteiger partial charge in [-0.15, -0.1) is 0 Å². The lowest BCUT2D eigenvalue weighted by Gasteiger charge is -2.28. The fourth-order valence-electron chi connectivity index (χ4n) is 1.84. The Hall–Kier alpha value is -0.730. The third-order valence-corrected chi connectivity index (χ3v) is 3.76. The predicted molar refractivity (Wildman–Crippen MR) is 61.5 cm³/mol. The van der Waals surface area contributed by atoms with Gasteiger partial charge in [-0.1, -0.05) is 3.89 Å². The zero-order valence-corrected chi connectivity index (χ0v) is 11.3. The molecule has 1 saturated heterocycles. The molecule has 106 valence electrons. The van der Waals surface area contributed by atoms with Crippen LogP contribution in [-0.2, 0) is 24.7 Å². The monoisotopic (exact) mass is 283 g/mol. The van der Waals surface area contributed by atoms with Crippen molar-refractivity contribution in [3.63, 3.8) is 0 Å². The van der Waals surface area contributed by atoms with E-state index in [0.29, 0.717) is 6.61 Å². The first-order valence-electron chi connectivity index (χ1n) is 5.86. The van der Waals surface area contributed by atoms with Crippen LogP contribution in [0.15, 0.2) is 0 Å². The van der Waals surface area contributed by atoms with Crippen LogP contribution in [0.25, 0.3) is 0 Å². The topological polar surface area (TPSA) is 72.9 Å². The first-order chi connectivity index (χ1) is 8.34. The number of esters is 1. The molecule has 0 aromatic rings. The van der Waals surface area contributed by atoms with Crippen LogP contribution in [0, 0.1) is 5.92 Å². The summed E-state index contributed by atoms with van der Waals surface area (Å²) in [5.41, 5.74) is 0. The standard InChI is InChI=1S/C10H18FNO5S/c1-3-16-8(2)17-10(13)9-4-6-12(7-5-9)18(11,14)15/h8-9H,3-7H2,1-2H3. The molecule has 0 aromatic heterocycles. The lowest BCUT2D eigenvalue weighted by atomic mass is 9.98. The highest BCUT2D eigenvalue weighted by Crippen LogP contribution is 2.21. The van der Waals surface area contributed by atoms with Crippen LogP contribution in [0.5, 0.6) is 0 Å². The van der Waals surface area contributed by atoms with Gasteiger partial charge >= 0.3 is 16.4 Å². The second-order valence-corrected chi connectivity index (χ2v) is 5.42. The van der Waals surface area contributed by atoms with Crippen LogP contribution in [0.1, 0.15) is 26.7 Å². The van der Waals surface area contributed by atoms with E-state index in [-0.39, 0.29) is 25.9 Å². The number of carbonyl (C=O) groups is 1. The van der Waals surface area contributed by atoms with E-state index < -0.39 is 28.6 Å². The van der Waals surface area contributed by atoms with Crippen LogP contribution in [0.4, 0.5) is 3.89 Å². The normalized spacial score (nSPS) is 20.6. The van der Waals surface area contributed by atoms with Crippen LogP contribution >= 0.6 is 0 Å². The minimum Gasteiger partial charge on any atom is -0.436 e. The van der Waals surface area contributed by atoms with E-state index in [1.165, 1.54) is 0 Å². The Kier molecular flexibility index (Phi) is 5.48. The second-order valence-electron chi connectivity index (χ2n) is 4.08. The number of rotatable bonds is 5. The first kappa shape index (κ1) is 15.3. The molecule has 1 rings (SSSR count). The van der Waals surface area contributed by atoms with Crippen LogP contribution < -0.4 is 0 Å². The zero-order chi connectivity index (χ0) is 13.8. The van der Waals surface area contributed by atoms with Gasteiger partial charge in [-0.05, 0) is 26.7 Å². The van der Waals surface area contributed by atoms with Gasteiger partial charge in [0.1, 0.15) is 0 Å². The molecule has 6 nitrogen and oxygen atoms in total. The average Bonchev–Trinajstić information content (AvgIpc) is 2.28. The van der Waals surface area contributed by atoms with E-state index in [0.717, 1.165) is 4.31 Å². The van der Waals surface area contributed by atoms with E-state index in [2.05, 4.69) is 0 Å². The molecule has 8 heteroatoms. The van der Waals surface area contributed by atoms with Crippen molar-refractivity contribution in [3.05, 3.63) is 0 Å². The SMILES string of the molecule is CCOC(C)OC(=O)C1CCN(S(=O)(=O)F)CC1. The molecule has 1 aliphatic rings.